The zero-order valence-electron chi connectivity index (χ0n) is 9.11. The zero-order valence-corrected chi connectivity index (χ0v) is 9.11. The maximum Gasteiger partial charge on any atom is -0.0152 e. The molecule has 0 saturated heterocycles. The highest BCUT2D eigenvalue weighted by Crippen LogP contribution is 2.22. The van der Waals surface area contributed by atoms with Crippen molar-refractivity contribution < 1.29 is 0 Å². The van der Waals surface area contributed by atoms with Gasteiger partial charge in [0.25, 0.3) is 0 Å². The van der Waals surface area contributed by atoms with Crippen LogP contribution in [0.1, 0.15) is 24.5 Å². The molecule has 0 atom stereocenters. The van der Waals surface area contributed by atoms with Gasteiger partial charge in [-0.25, -0.2) is 0 Å². The van der Waals surface area contributed by atoms with Gasteiger partial charge < -0.3 is 0 Å². The molecule has 1 aromatic rings. The van der Waals surface area contributed by atoms with E-state index in [-0.39, 0.29) is 0 Å². The van der Waals surface area contributed by atoms with Crippen molar-refractivity contribution in [1.29, 1.82) is 0 Å². The molecule has 0 aliphatic heterocycles. The Labute approximate surface area is 91.6 Å². The fourth-order valence-corrected chi connectivity index (χ4v) is 1.87. The third-order valence-electron chi connectivity index (χ3n) is 2.69. The van der Waals surface area contributed by atoms with Crippen molar-refractivity contribution in [3.8, 4) is 0 Å². The molecule has 2 rings (SSSR count). The van der Waals surface area contributed by atoms with Gasteiger partial charge in [-0.15, -0.1) is 0 Å². The van der Waals surface area contributed by atoms with Crippen molar-refractivity contribution in [2.24, 2.45) is 0 Å². The lowest BCUT2D eigenvalue weighted by atomic mass is 9.97. The topological polar surface area (TPSA) is 0 Å². The molecular weight excluding hydrogens is 180 g/mol. The second-order valence-corrected chi connectivity index (χ2v) is 3.70. The van der Waals surface area contributed by atoms with Gasteiger partial charge in [0.05, 0.1) is 0 Å². The third kappa shape index (κ3) is 2.27. The lowest BCUT2D eigenvalue weighted by Crippen LogP contribution is -1.89. The standard InChI is InChI=1S/C15H16/c1-2-13-9-7-8-12-15(13)14-10-5-3-4-6-11-14/h3,5-12H,2,4H2,1H3. The second kappa shape index (κ2) is 4.79. The van der Waals surface area contributed by atoms with Crippen molar-refractivity contribution >= 4 is 5.57 Å². The summed E-state index contributed by atoms with van der Waals surface area (Å²) in [6, 6.07) is 8.63. The number of hydrogen-bond donors (Lipinski definition) is 0. The summed E-state index contributed by atoms with van der Waals surface area (Å²) in [5.74, 6) is 0. The smallest absolute Gasteiger partial charge is 0.0152 e. The molecule has 0 aromatic heterocycles. The van der Waals surface area contributed by atoms with Crippen molar-refractivity contribution in [2.75, 3.05) is 0 Å². The quantitative estimate of drug-likeness (QED) is 0.666. The molecule has 15 heavy (non-hydrogen) atoms. The summed E-state index contributed by atoms with van der Waals surface area (Å²) < 4.78 is 0. The van der Waals surface area contributed by atoms with Gasteiger partial charge >= 0.3 is 0 Å². The molecule has 76 valence electrons. The first-order valence-electron chi connectivity index (χ1n) is 5.53. The van der Waals surface area contributed by atoms with E-state index < -0.39 is 0 Å². The summed E-state index contributed by atoms with van der Waals surface area (Å²) in [6.07, 6.45) is 13.1. The Balaban J connectivity index is 2.44. The van der Waals surface area contributed by atoms with E-state index in [0.717, 1.165) is 12.8 Å². The van der Waals surface area contributed by atoms with Crippen LogP contribution < -0.4 is 0 Å². The SMILES string of the molecule is CCc1ccccc1C1=CC=CCC=C1. The van der Waals surface area contributed by atoms with Gasteiger partial charge in [-0.1, -0.05) is 61.6 Å². The van der Waals surface area contributed by atoms with Gasteiger partial charge in [0.15, 0.2) is 0 Å². The number of aryl methyl sites for hydroxylation is 1. The minimum atomic E-state index is 1.04. The molecule has 1 aliphatic rings. The molecule has 0 N–H and O–H groups in total. The van der Waals surface area contributed by atoms with Gasteiger partial charge in [-0.05, 0) is 29.5 Å². The van der Waals surface area contributed by atoms with Crippen LogP contribution in [0, 0.1) is 0 Å². The van der Waals surface area contributed by atoms with Gasteiger partial charge in [0.1, 0.15) is 0 Å². The highest BCUT2D eigenvalue weighted by Gasteiger charge is 2.02. The maximum atomic E-state index is 2.22. The fraction of sp³-hybridized carbons (Fsp3) is 0.200. The predicted octanol–water partition coefficient (Wildman–Crippen LogP) is 4.15. The first-order chi connectivity index (χ1) is 7.42. The van der Waals surface area contributed by atoms with Crippen LogP contribution in [-0.4, -0.2) is 0 Å². The van der Waals surface area contributed by atoms with E-state index in [1.54, 1.807) is 0 Å². The normalized spacial score (nSPS) is 14.9. The third-order valence-corrected chi connectivity index (χ3v) is 2.69. The summed E-state index contributed by atoms with van der Waals surface area (Å²) in [5, 5.41) is 0. The van der Waals surface area contributed by atoms with E-state index >= 15 is 0 Å². The van der Waals surface area contributed by atoms with E-state index in [1.807, 2.05) is 0 Å². The number of hydrogen-bond acceptors (Lipinski definition) is 0. The van der Waals surface area contributed by atoms with Gasteiger partial charge in [-0.2, -0.15) is 0 Å². The molecule has 1 aromatic carbocycles. The fourth-order valence-electron chi connectivity index (χ4n) is 1.87. The minimum Gasteiger partial charge on any atom is -0.0807 e. The maximum absolute atomic E-state index is 2.22. The summed E-state index contributed by atoms with van der Waals surface area (Å²) >= 11 is 0. The van der Waals surface area contributed by atoms with Crippen molar-refractivity contribution in [3.63, 3.8) is 0 Å². The Bertz CT molecular complexity index is 419. The number of rotatable bonds is 2. The molecule has 0 radical (unpaired) electrons. The van der Waals surface area contributed by atoms with E-state index in [9.17, 15) is 0 Å². The van der Waals surface area contributed by atoms with Crippen molar-refractivity contribution in [3.05, 3.63) is 65.8 Å². The lowest BCUT2D eigenvalue weighted by Gasteiger charge is -2.07. The molecule has 1 aliphatic carbocycles. The Hall–Kier alpha value is -1.56. The average molecular weight is 196 g/mol. The number of benzene rings is 1. The Morgan fingerprint density at radius 2 is 2.00 bits per heavy atom. The summed E-state index contributed by atoms with van der Waals surface area (Å²) in [5.41, 5.74) is 4.10. The Morgan fingerprint density at radius 3 is 2.87 bits per heavy atom. The van der Waals surface area contributed by atoms with Crippen LogP contribution in [0.5, 0.6) is 0 Å². The van der Waals surface area contributed by atoms with Gasteiger partial charge in [0, 0.05) is 0 Å². The van der Waals surface area contributed by atoms with Crippen LogP contribution in [0.2, 0.25) is 0 Å². The first-order valence-corrected chi connectivity index (χ1v) is 5.53. The second-order valence-electron chi connectivity index (χ2n) is 3.70. The van der Waals surface area contributed by atoms with E-state index in [1.165, 1.54) is 16.7 Å². The number of allylic oxidation sites excluding steroid dienone is 6. The molecule has 0 heteroatoms. The van der Waals surface area contributed by atoms with E-state index in [2.05, 4.69) is 61.6 Å². The van der Waals surface area contributed by atoms with Crippen molar-refractivity contribution in [1.82, 2.24) is 0 Å². The summed E-state index contributed by atoms with van der Waals surface area (Å²) in [7, 11) is 0. The molecule has 0 heterocycles. The van der Waals surface area contributed by atoms with Crippen molar-refractivity contribution in [2.45, 2.75) is 19.8 Å². The lowest BCUT2D eigenvalue weighted by molar-refractivity contribution is 1.13. The highest BCUT2D eigenvalue weighted by atomic mass is 14.1. The van der Waals surface area contributed by atoms with E-state index in [0.29, 0.717) is 0 Å². The molecular formula is C15H16. The molecule has 0 unspecified atom stereocenters. The van der Waals surface area contributed by atoms with Crippen LogP contribution in [-0.2, 0) is 6.42 Å². The molecule has 0 nitrogen and oxygen atoms in total. The molecule has 0 bridgehead atoms. The minimum absolute atomic E-state index is 1.04. The zero-order chi connectivity index (χ0) is 10.5. The molecule has 0 fully saturated rings. The highest BCUT2D eigenvalue weighted by molar-refractivity contribution is 5.77. The monoisotopic (exact) mass is 196 g/mol. The van der Waals surface area contributed by atoms with Crippen LogP contribution in [0.4, 0.5) is 0 Å². The first kappa shape index (κ1) is 9.97. The average Bonchev–Trinajstić information content (AvgIpc) is 2.57. The van der Waals surface area contributed by atoms with Crippen LogP contribution in [0.3, 0.4) is 0 Å². The van der Waals surface area contributed by atoms with Gasteiger partial charge in [-0.3, -0.25) is 0 Å². The molecule has 0 amide bonds. The largest absolute Gasteiger partial charge is 0.0807 e. The summed E-state index contributed by atoms with van der Waals surface area (Å²) in [4.78, 5) is 0. The van der Waals surface area contributed by atoms with Gasteiger partial charge in [0.2, 0.25) is 0 Å². The van der Waals surface area contributed by atoms with Crippen LogP contribution >= 0.6 is 0 Å². The molecule has 0 saturated carbocycles. The van der Waals surface area contributed by atoms with Crippen LogP contribution in [0.25, 0.3) is 5.57 Å². The summed E-state index contributed by atoms with van der Waals surface area (Å²) in [6.45, 7) is 2.20. The van der Waals surface area contributed by atoms with E-state index in [4.69, 9.17) is 0 Å². The Morgan fingerprint density at radius 1 is 1.13 bits per heavy atom. The molecule has 0 spiro atoms. The Kier molecular flexibility index (Phi) is 3.18. The predicted molar refractivity (Wildman–Crippen MR) is 66.7 cm³/mol. The van der Waals surface area contributed by atoms with Crippen LogP contribution in [0.15, 0.2) is 54.6 Å².